The monoisotopic (exact) mass is 331 g/mol. The van der Waals surface area contributed by atoms with Crippen LogP contribution >= 0.6 is 11.6 Å². The first-order valence-electron chi connectivity index (χ1n) is 7.45. The summed E-state index contributed by atoms with van der Waals surface area (Å²) in [5, 5.41) is 3.71. The van der Waals surface area contributed by atoms with Gasteiger partial charge in [-0.25, -0.2) is 0 Å². The summed E-state index contributed by atoms with van der Waals surface area (Å²) < 4.78 is 10.6. The minimum absolute atomic E-state index is 0.0143. The van der Waals surface area contributed by atoms with Crippen LogP contribution in [0.1, 0.15) is 18.4 Å². The lowest BCUT2D eigenvalue weighted by Gasteiger charge is -2.18. The predicted octanol–water partition coefficient (Wildman–Crippen LogP) is 3.53. The van der Waals surface area contributed by atoms with Crippen molar-refractivity contribution in [3.63, 3.8) is 0 Å². The van der Waals surface area contributed by atoms with Gasteiger partial charge in [0.05, 0.1) is 12.6 Å². The van der Waals surface area contributed by atoms with Gasteiger partial charge in [0.25, 0.3) is 5.91 Å². The summed E-state index contributed by atoms with van der Waals surface area (Å²) in [4.78, 5) is 12.1. The molecule has 3 rings (SSSR count). The molecule has 23 heavy (non-hydrogen) atoms. The van der Waals surface area contributed by atoms with Crippen LogP contribution in [-0.2, 0) is 10.3 Å². The normalized spacial score (nSPS) is 14.9. The van der Waals surface area contributed by atoms with E-state index in [4.69, 9.17) is 21.1 Å². The van der Waals surface area contributed by atoms with E-state index in [0.717, 1.165) is 24.2 Å². The minimum atomic E-state index is -0.257. The fraction of sp³-hybridized carbons (Fsp3) is 0.278. The third kappa shape index (κ3) is 3.77. The van der Waals surface area contributed by atoms with Gasteiger partial charge in [-0.05, 0) is 54.8 Å². The molecule has 1 aliphatic rings. The second-order valence-electron chi connectivity index (χ2n) is 5.60. The zero-order valence-electron chi connectivity index (χ0n) is 12.8. The first-order valence-corrected chi connectivity index (χ1v) is 7.83. The fourth-order valence-corrected chi connectivity index (χ4v) is 2.63. The van der Waals surface area contributed by atoms with E-state index < -0.39 is 0 Å². The molecule has 1 aliphatic carbocycles. The average Bonchev–Trinajstić information content (AvgIpc) is 3.35. The summed E-state index contributed by atoms with van der Waals surface area (Å²) in [5.74, 6) is 1.30. The third-order valence-corrected chi connectivity index (χ3v) is 4.21. The van der Waals surface area contributed by atoms with Gasteiger partial charge in [-0.15, -0.1) is 0 Å². The number of benzene rings is 2. The molecule has 1 N–H and O–H groups in total. The second-order valence-corrected chi connectivity index (χ2v) is 6.04. The average molecular weight is 332 g/mol. The van der Waals surface area contributed by atoms with Crippen molar-refractivity contribution in [2.45, 2.75) is 18.4 Å². The zero-order valence-corrected chi connectivity index (χ0v) is 13.6. The van der Waals surface area contributed by atoms with Crippen molar-refractivity contribution in [1.82, 2.24) is 5.32 Å². The third-order valence-electron chi connectivity index (χ3n) is 3.95. The molecular weight excluding hydrogens is 314 g/mol. The molecule has 5 heteroatoms. The number of hydrogen-bond acceptors (Lipinski definition) is 3. The molecule has 0 radical (unpaired) electrons. The van der Waals surface area contributed by atoms with E-state index in [-0.39, 0.29) is 18.1 Å². The smallest absolute Gasteiger partial charge is 0.258 e. The molecule has 4 nitrogen and oxygen atoms in total. The Hall–Kier alpha value is -2.20. The molecule has 0 spiro atoms. The Morgan fingerprint density at radius 1 is 1.09 bits per heavy atom. The van der Waals surface area contributed by atoms with Gasteiger partial charge in [0, 0.05) is 5.02 Å². The quantitative estimate of drug-likeness (QED) is 0.880. The van der Waals surface area contributed by atoms with Crippen LogP contribution in [0.2, 0.25) is 5.02 Å². The molecule has 2 aromatic carbocycles. The van der Waals surface area contributed by atoms with E-state index in [1.54, 1.807) is 31.4 Å². The zero-order chi connectivity index (χ0) is 16.3. The van der Waals surface area contributed by atoms with E-state index in [2.05, 4.69) is 5.32 Å². The summed E-state index contributed by atoms with van der Waals surface area (Å²) in [7, 11) is 1.64. The molecule has 0 aromatic heterocycles. The highest BCUT2D eigenvalue weighted by Crippen LogP contribution is 2.45. The molecule has 1 amide bonds. The maximum Gasteiger partial charge on any atom is 0.258 e. The summed E-state index contributed by atoms with van der Waals surface area (Å²) in [6, 6.07) is 14.7. The van der Waals surface area contributed by atoms with Crippen LogP contribution in [0.15, 0.2) is 48.5 Å². The van der Waals surface area contributed by atoms with Crippen molar-refractivity contribution in [1.29, 1.82) is 0 Å². The van der Waals surface area contributed by atoms with Gasteiger partial charge >= 0.3 is 0 Å². The van der Waals surface area contributed by atoms with Crippen molar-refractivity contribution >= 4 is 17.5 Å². The van der Waals surface area contributed by atoms with Crippen molar-refractivity contribution < 1.29 is 14.3 Å². The fourth-order valence-electron chi connectivity index (χ4n) is 2.50. The van der Waals surface area contributed by atoms with Crippen LogP contribution in [0.4, 0.5) is 0 Å². The molecule has 1 saturated carbocycles. The van der Waals surface area contributed by atoms with Crippen LogP contribution in [0.3, 0.4) is 0 Å². The van der Waals surface area contributed by atoms with Crippen molar-refractivity contribution in [3.05, 3.63) is 59.1 Å². The SMILES string of the molecule is COc1ccc(C2(NC(=O)COc3ccc(Cl)cc3)CC2)cc1. The molecule has 0 atom stereocenters. The van der Waals surface area contributed by atoms with E-state index >= 15 is 0 Å². The van der Waals surface area contributed by atoms with Gasteiger partial charge in [-0.3, -0.25) is 4.79 Å². The first kappa shape index (κ1) is 15.7. The maximum atomic E-state index is 12.1. The molecule has 0 unspecified atom stereocenters. The summed E-state index contributed by atoms with van der Waals surface area (Å²) in [5.41, 5.74) is 0.838. The van der Waals surface area contributed by atoms with Crippen molar-refractivity contribution in [2.24, 2.45) is 0 Å². The highest BCUT2D eigenvalue weighted by atomic mass is 35.5. The number of halogens is 1. The Bertz CT molecular complexity index is 678. The lowest BCUT2D eigenvalue weighted by Crippen LogP contribution is -2.38. The highest BCUT2D eigenvalue weighted by Gasteiger charge is 2.45. The van der Waals surface area contributed by atoms with Gasteiger partial charge in [-0.2, -0.15) is 0 Å². The number of carbonyl (C=O) groups excluding carboxylic acids is 1. The van der Waals surface area contributed by atoms with Crippen molar-refractivity contribution in [3.8, 4) is 11.5 Å². The molecule has 120 valence electrons. The van der Waals surface area contributed by atoms with E-state index in [1.807, 2.05) is 24.3 Å². The Morgan fingerprint density at radius 2 is 1.70 bits per heavy atom. The molecule has 0 heterocycles. The Balaban J connectivity index is 1.57. The number of hydrogen-bond donors (Lipinski definition) is 1. The largest absolute Gasteiger partial charge is 0.497 e. The summed E-state index contributed by atoms with van der Waals surface area (Å²) in [6.07, 6.45) is 1.87. The Labute approximate surface area is 140 Å². The number of carbonyl (C=O) groups is 1. The van der Waals surface area contributed by atoms with Gasteiger partial charge in [-0.1, -0.05) is 23.7 Å². The predicted molar refractivity (Wildman–Crippen MR) is 89.0 cm³/mol. The van der Waals surface area contributed by atoms with E-state index in [1.165, 1.54) is 0 Å². The molecule has 0 saturated heterocycles. The standard InChI is InChI=1S/C18H18ClNO3/c1-22-15-6-2-13(3-7-15)18(10-11-18)20-17(21)12-23-16-8-4-14(19)5-9-16/h2-9H,10-12H2,1H3,(H,20,21). The summed E-state index contributed by atoms with van der Waals surface area (Å²) >= 11 is 5.82. The van der Waals surface area contributed by atoms with Crippen LogP contribution < -0.4 is 14.8 Å². The summed E-state index contributed by atoms with van der Waals surface area (Å²) in [6.45, 7) is -0.0143. The number of amides is 1. The molecule has 0 bridgehead atoms. The van der Waals surface area contributed by atoms with Crippen molar-refractivity contribution in [2.75, 3.05) is 13.7 Å². The number of methoxy groups -OCH3 is 1. The van der Waals surface area contributed by atoms with Gasteiger partial charge in [0.2, 0.25) is 0 Å². The maximum absolute atomic E-state index is 12.1. The van der Waals surface area contributed by atoms with E-state index in [0.29, 0.717) is 10.8 Å². The van der Waals surface area contributed by atoms with Crippen LogP contribution in [0.25, 0.3) is 0 Å². The number of rotatable bonds is 6. The van der Waals surface area contributed by atoms with E-state index in [9.17, 15) is 4.79 Å². The van der Waals surface area contributed by atoms with Gasteiger partial charge in [0.15, 0.2) is 6.61 Å². The molecule has 0 aliphatic heterocycles. The van der Waals surface area contributed by atoms with Gasteiger partial charge < -0.3 is 14.8 Å². The lowest BCUT2D eigenvalue weighted by molar-refractivity contribution is -0.124. The first-order chi connectivity index (χ1) is 11.1. The minimum Gasteiger partial charge on any atom is -0.497 e. The lowest BCUT2D eigenvalue weighted by atomic mass is 10.0. The van der Waals surface area contributed by atoms with Crippen LogP contribution in [0, 0.1) is 0 Å². The number of ether oxygens (including phenoxy) is 2. The highest BCUT2D eigenvalue weighted by molar-refractivity contribution is 6.30. The van der Waals surface area contributed by atoms with Crippen LogP contribution in [0.5, 0.6) is 11.5 Å². The Morgan fingerprint density at radius 3 is 2.26 bits per heavy atom. The van der Waals surface area contributed by atoms with Crippen LogP contribution in [-0.4, -0.2) is 19.6 Å². The second kappa shape index (κ2) is 6.50. The molecular formula is C18H18ClNO3. The molecule has 1 fully saturated rings. The molecule has 2 aromatic rings. The number of nitrogens with one attached hydrogen (secondary N) is 1. The van der Waals surface area contributed by atoms with Gasteiger partial charge in [0.1, 0.15) is 11.5 Å². The topological polar surface area (TPSA) is 47.6 Å². The Kier molecular flexibility index (Phi) is 4.44.